The van der Waals surface area contributed by atoms with Crippen molar-refractivity contribution in [1.29, 1.82) is 0 Å². The van der Waals surface area contributed by atoms with Gasteiger partial charge < -0.3 is 9.97 Å². The van der Waals surface area contributed by atoms with E-state index in [-0.39, 0.29) is 23.1 Å². The number of aromatic amines is 2. The van der Waals surface area contributed by atoms with Crippen molar-refractivity contribution in [2.24, 2.45) is 0 Å². The maximum absolute atomic E-state index is 12.7. The average molecular weight is 316 g/mol. The highest BCUT2D eigenvalue weighted by molar-refractivity contribution is 6.15. The molecule has 0 saturated heterocycles. The molecule has 0 radical (unpaired) electrons. The van der Waals surface area contributed by atoms with Crippen LogP contribution in [0.3, 0.4) is 0 Å². The Morgan fingerprint density at radius 3 is 2.67 bits per heavy atom. The summed E-state index contributed by atoms with van der Waals surface area (Å²) in [5.74, 6) is -0.391. The first-order chi connectivity index (χ1) is 11.7. The molecule has 3 aromatic heterocycles. The van der Waals surface area contributed by atoms with Gasteiger partial charge in [-0.2, -0.15) is 0 Å². The number of para-hydroxylation sites is 1. The molecule has 24 heavy (non-hydrogen) atoms. The number of carbonyl (C=O) groups excluding carboxylic acids is 2. The zero-order chi connectivity index (χ0) is 16.5. The zero-order valence-electron chi connectivity index (χ0n) is 12.5. The summed E-state index contributed by atoms with van der Waals surface area (Å²) in [4.78, 5) is 38.9. The summed E-state index contributed by atoms with van der Waals surface area (Å²) in [6.45, 7) is 0. The number of aromatic nitrogens is 4. The van der Waals surface area contributed by atoms with Crippen molar-refractivity contribution in [1.82, 2.24) is 19.9 Å². The van der Waals surface area contributed by atoms with Crippen LogP contribution in [0.15, 0.2) is 61.2 Å². The summed E-state index contributed by atoms with van der Waals surface area (Å²) in [6.07, 6.45) is 6.09. The topological polar surface area (TPSA) is 91.5 Å². The molecule has 0 aliphatic heterocycles. The predicted molar refractivity (Wildman–Crippen MR) is 88.0 cm³/mol. The van der Waals surface area contributed by atoms with E-state index in [0.29, 0.717) is 11.1 Å². The monoisotopic (exact) mass is 316 g/mol. The number of hydrogen-bond acceptors (Lipinski definition) is 4. The van der Waals surface area contributed by atoms with Gasteiger partial charge in [-0.3, -0.25) is 14.6 Å². The van der Waals surface area contributed by atoms with Gasteiger partial charge in [0.1, 0.15) is 5.69 Å². The molecular formula is C18H12N4O2. The van der Waals surface area contributed by atoms with Crippen molar-refractivity contribution >= 4 is 22.5 Å². The maximum Gasteiger partial charge on any atom is 0.230 e. The second-order valence-corrected chi connectivity index (χ2v) is 5.29. The van der Waals surface area contributed by atoms with Crippen LogP contribution >= 0.6 is 0 Å². The van der Waals surface area contributed by atoms with Gasteiger partial charge in [0.25, 0.3) is 0 Å². The highest BCUT2D eigenvalue weighted by Crippen LogP contribution is 2.20. The minimum atomic E-state index is -0.266. The Hall–Kier alpha value is -3.54. The van der Waals surface area contributed by atoms with Crippen molar-refractivity contribution in [3.8, 4) is 0 Å². The highest BCUT2D eigenvalue weighted by Gasteiger charge is 2.19. The fraction of sp³-hybridized carbons (Fsp3) is 0. The molecule has 0 aliphatic carbocycles. The average Bonchev–Trinajstić information content (AvgIpc) is 3.28. The van der Waals surface area contributed by atoms with Crippen LogP contribution in [0, 0.1) is 0 Å². The number of benzene rings is 1. The molecular weight excluding hydrogens is 304 g/mol. The number of carbonyl (C=O) groups is 2. The third kappa shape index (κ3) is 2.30. The van der Waals surface area contributed by atoms with Crippen LogP contribution in [-0.4, -0.2) is 31.5 Å². The molecule has 0 unspecified atom stereocenters. The Kier molecular flexibility index (Phi) is 3.28. The van der Waals surface area contributed by atoms with E-state index in [2.05, 4.69) is 19.9 Å². The number of nitrogens with zero attached hydrogens (tertiary/aromatic N) is 2. The van der Waals surface area contributed by atoms with E-state index in [9.17, 15) is 9.59 Å². The predicted octanol–water partition coefficient (Wildman–Crippen LogP) is 2.75. The van der Waals surface area contributed by atoms with E-state index >= 15 is 0 Å². The molecule has 0 bridgehead atoms. The summed E-state index contributed by atoms with van der Waals surface area (Å²) in [5.41, 5.74) is 2.08. The molecule has 3 heterocycles. The molecule has 0 fully saturated rings. The number of pyridine rings is 1. The van der Waals surface area contributed by atoms with Crippen LogP contribution < -0.4 is 0 Å². The number of nitrogens with one attached hydrogen (secondary N) is 2. The summed E-state index contributed by atoms with van der Waals surface area (Å²) in [7, 11) is 0. The van der Waals surface area contributed by atoms with Gasteiger partial charge in [0, 0.05) is 35.1 Å². The quantitative estimate of drug-likeness (QED) is 0.566. The van der Waals surface area contributed by atoms with E-state index in [1.165, 1.54) is 12.4 Å². The Bertz CT molecular complexity index is 1050. The molecule has 116 valence electrons. The second kappa shape index (κ2) is 5.58. The number of fused-ring (bicyclic) bond motifs is 1. The van der Waals surface area contributed by atoms with E-state index < -0.39 is 0 Å². The summed E-state index contributed by atoms with van der Waals surface area (Å²) < 4.78 is 0. The normalized spacial score (nSPS) is 10.8. The molecule has 4 aromatic rings. The highest BCUT2D eigenvalue weighted by atomic mass is 16.1. The van der Waals surface area contributed by atoms with Crippen molar-refractivity contribution < 1.29 is 9.59 Å². The number of H-pyrrole nitrogens is 2. The van der Waals surface area contributed by atoms with E-state index in [1.807, 2.05) is 24.3 Å². The minimum absolute atomic E-state index is 0.131. The lowest BCUT2D eigenvalue weighted by Gasteiger charge is -1.97. The molecule has 2 N–H and O–H groups in total. The molecule has 1 aromatic carbocycles. The fourth-order valence-corrected chi connectivity index (χ4v) is 2.59. The minimum Gasteiger partial charge on any atom is -0.360 e. The van der Waals surface area contributed by atoms with Crippen LogP contribution in [0.2, 0.25) is 0 Å². The molecule has 0 aliphatic rings. The van der Waals surface area contributed by atoms with Gasteiger partial charge in [0.05, 0.1) is 11.8 Å². The standard InChI is InChI=1S/C18H12N4O2/c23-16(11-4-3-7-19-8-11)15-10-21-18(22-15)17(24)13-9-20-14-6-2-1-5-12(13)14/h1-10,20H,(H,21,22). The van der Waals surface area contributed by atoms with Gasteiger partial charge in [0.2, 0.25) is 11.6 Å². The number of hydrogen-bond donors (Lipinski definition) is 2. The SMILES string of the molecule is O=C(c1cccnc1)c1cnc(C(=O)c2c[nH]c3ccccc23)[nH]1. The summed E-state index contributed by atoms with van der Waals surface area (Å²) in [6, 6.07) is 10.9. The zero-order valence-corrected chi connectivity index (χ0v) is 12.5. The Morgan fingerprint density at radius 1 is 0.958 bits per heavy atom. The number of ketones is 2. The van der Waals surface area contributed by atoms with Gasteiger partial charge in [-0.15, -0.1) is 0 Å². The lowest BCUT2D eigenvalue weighted by Crippen LogP contribution is -2.05. The van der Waals surface area contributed by atoms with Crippen molar-refractivity contribution in [3.05, 3.63) is 83.8 Å². The van der Waals surface area contributed by atoms with Crippen LogP contribution in [0.1, 0.15) is 32.2 Å². The smallest absolute Gasteiger partial charge is 0.230 e. The van der Waals surface area contributed by atoms with Crippen LogP contribution in [0.25, 0.3) is 10.9 Å². The van der Waals surface area contributed by atoms with Gasteiger partial charge >= 0.3 is 0 Å². The first-order valence-electron chi connectivity index (χ1n) is 7.34. The molecule has 4 rings (SSSR count). The fourth-order valence-electron chi connectivity index (χ4n) is 2.59. The lowest BCUT2D eigenvalue weighted by atomic mass is 10.1. The molecule has 6 nitrogen and oxygen atoms in total. The van der Waals surface area contributed by atoms with Gasteiger partial charge in [-0.25, -0.2) is 4.98 Å². The van der Waals surface area contributed by atoms with Crippen LogP contribution in [-0.2, 0) is 0 Å². The van der Waals surface area contributed by atoms with Gasteiger partial charge in [-0.1, -0.05) is 18.2 Å². The molecule has 0 spiro atoms. The first-order valence-corrected chi connectivity index (χ1v) is 7.34. The third-order valence-electron chi connectivity index (χ3n) is 3.79. The lowest BCUT2D eigenvalue weighted by molar-refractivity contribution is 0.103. The Balaban J connectivity index is 1.67. The van der Waals surface area contributed by atoms with E-state index in [4.69, 9.17) is 0 Å². The molecule has 6 heteroatoms. The molecule has 0 amide bonds. The Morgan fingerprint density at radius 2 is 1.83 bits per heavy atom. The van der Waals surface area contributed by atoms with E-state index in [1.54, 1.807) is 24.5 Å². The Labute approximate surface area is 136 Å². The molecule has 0 saturated carbocycles. The van der Waals surface area contributed by atoms with Gasteiger partial charge in [0.15, 0.2) is 5.82 Å². The largest absolute Gasteiger partial charge is 0.360 e. The van der Waals surface area contributed by atoms with Crippen LogP contribution in [0.4, 0.5) is 0 Å². The molecule has 0 atom stereocenters. The summed E-state index contributed by atoms with van der Waals surface area (Å²) >= 11 is 0. The van der Waals surface area contributed by atoms with Crippen molar-refractivity contribution in [3.63, 3.8) is 0 Å². The number of rotatable bonds is 4. The van der Waals surface area contributed by atoms with Crippen LogP contribution in [0.5, 0.6) is 0 Å². The third-order valence-corrected chi connectivity index (χ3v) is 3.79. The van der Waals surface area contributed by atoms with Crippen molar-refractivity contribution in [2.45, 2.75) is 0 Å². The van der Waals surface area contributed by atoms with E-state index in [0.717, 1.165) is 10.9 Å². The second-order valence-electron chi connectivity index (χ2n) is 5.29. The first kappa shape index (κ1) is 14.1. The van der Waals surface area contributed by atoms with Gasteiger partial charge in [-0.05, 0) is 18.2 Å². The summed E-state index contributed by atoms with van der Waals surface area (Å²) in [5, 5.41) is 0.819. The number of imidazole rings is 1. The van der Waals surface area contributed by atoms with Crippen molar-refractivity contribution in [2.75, 3.05) is 0 Å². The maximum atomic E-state index is 12.7.